The first-order valence-electron chi connectivity index (χ1n) is 15.5. The number of nitrogens with zero attached hydrogens (tertiary/aromatic N) is 4. The molecule has 3 heterocycles. The van der Waals surface area contributed by atoms with E-state index in [0.29, 0.717) is 23.5 Å². The van der Waals surface area contributed by atoms with Gasteiger partial charge in [0.1, 0.15) is 12.4 Å². The number of carbonyl (C=O) groups is 2. The maximum Gasteiger partial charge on any atom is 0.320 e. The van der Waals surface area contributed by atoms with Crippen LogP contribution in [0.1, 0.15) is 69.9 Å². The summed E-state index contributed by atoms with van der Waals surface area (Å²) in [7, 11) is 0. The monoisotopic (exact) mass is 588 g/mol. The SMILES string of the molecule is CCNC(=O)Nc1ncnc2c1ncn2C1CC(CCCC2CCCCC2C(=O)O)C2O[C@H](/C=C/c3ccccc3)OC21. The van der Waals surface area contributed by atoms with Gasteiger partial charge < -0.3 is 24.5 Å². The van der Waals surface area contributed by atoms with Gasteiger partial charge in [0.2, 0.25) is 0 Å². The number of imidazole rings is 1. The molecule has 0 spiro atoms. The smallest absolute Gasteiger partial charge is 0.320 e. The van der Waals surface area contributed by atoms with Gasteiger partial charge in [0.25, 0.3) is 0 Å². The third kappa shape index (κ3) is 6.42. The first-order valence-corrected chi connectivity index (χ1v) is 15.5. The number of benzene rings is 1. The van der Waals surface area contributed by atoms with E-state index < -0.39 is 12.3 Å². The second kappa shape index (κ2) is 13.2. The number of ether oxygens (including phenoxy) is 2. The Kier molecular flexibility index (Phi) is 8.99. The predicted octanol–water partition coefficient (Wildman–Crippen LogP) is 5.41. The minimum Gasteiger partial charge on any atom is -0.481 e. The molecule has 2 saturated carbocycles. The number of anilines is 1. The second-order valence-corrected chi connectivity index (χ2v) is 11.9. The van der Waals surface area contributed by atoms with Gasteiger partial charge in [-0.25, -0.2) is 19.7 Å². The van der Waals surface area contributed by atoms with Crippen molar-refractivity contribution >= 4 is 35.1 Å². The van der Waals surface area contributed by atoms with Crippen molar-refractivity contribution in [3.63, 3.8) is 0 Å². The van der Waals surface area contributed by atoms with Crippen molar-refractivity contribution in [3.05, 3.63) is 54.6 Å². The van der Waals surface area contributed by atoms with Gasteiger partial charge in [-0.05, 0) is 62.5 Å². The summed E-state index contributed by atoms with van der Waals surface area (Å²) in [5.41, 5.74) is 2.22. The van der Waals surface area contributed by atoms with Crippen LogP contribution >= 0.6 is 0 Å². The Morgan fingerprint density at radius 1 is 1.05 bits per heavy atom. The summed E-state index contributed by atoms with van der Waals surface area (Å²) >= 11 is 0. The second-order valence-electron chi connectivity index (χ2n) is 11.9. The zero-order chi connectivity index (χ0) is 29.8. The lowest BCUT2D eigenvalue weighted by Gasteiger charge is -2.29. The molecule has 11 nitrogen and oxygen atoms in total. The standard InChI is InChI=1S/C32H40N6O5/c1-2-33-32(41)37-29-26-30(35-18-34-29)38(19-36-26)24-17-22(13-8-12-21-11-6-7-14-23(21)31(39)40)27-28(24)43-25(42-27)16-15-20-9-4-3-5-10-20/h3-5,9-10,15-16,18-19,21-25,27-28H,2,6-8,11-14,17H2,1H3,(H,39,40)(H2,33,34,35,37,41)/b16-15+/t21?,22?,23?,24?,25-,27?,28?/m0/s1. The molecule has 43 heavy (non-hydrogen) atoms. The number of fused-ring (bicyclic) bond motifs is 2. The molecular weight excluding hydrogens is 548 g/mol. The molecular formula is C32H40N6O5. The van der Waals surface area contributed by atoms with Crippen LogP contribution in [0.25, 0.3) is 17.2 Å². The van der Waals surface area contributed by atoms with E-state index in [0.717, 1.165) is 56.9 Å². The van der Waals surface area contributed by atoms with Crippen molar-refractivity contribution in [1.82, 2.24) is 24.8 Å². The summed E-state index contributed by atoms with van der Waals surface area (Å²) < 4.78 is 15.1. The minimum atomic E-state index is -0.652. The summed E-state index contributed by atoms with van der Waals surface area (Å²) in [5, 5.41) is 15.2. The summed E-state index contributed by atoms with van der Waals surface area (Å²) in [4.78, 5) is 37.4. The Balaban J connectivity index is 1.21. The van der Waals surface area contributed by atoms with Gasteiger partial charge in [0, 0.05) is 6.54 Å². The highest BCUT2D eigenvalue weighted by molar-refractivity contribution is 5.95. The number of nitrogens with one attached hydrogen (secondary N) is 2. The first kappa shape index (κ1) is 29.3. The number of amides is 2. The number of rotatable bonds is 10. The van der Waals surface area contributed by atoms with Crippen molar-refractivity contribution in [3.8, 4) is 0 Å². The fourth-order valence-electron chi connectivity index (χ4n) is 7.18. The maximum atomic E-state index is 12.2. The summed E-state index contributed by atoms with van der Waals surface area (Å²) in [6.07, 6.45) is 13.9. The van der Waals surface area contributed by atoms with Crippen LogP contribution in [0.4, 0.5) is 10.6 Å². The van der Waals surface area contributed by atoms with Crippen LogP contribution in [0.3, 0.4) is 0 Å². The number of hydrogen-bond donors (Lipinski definition) is 3. The van der Waals surface area contributed by atoms with Gasteiger partial charge in [0.05, 0.1) is 24.4 Å². The first-order chi connectivity index (χ1) is 21.0. The molecule has 2 aromatic heterocycles. The molecule has 2 aliphatic carbocycles. The molecule has 6 unspecified atom stereocenters. The van der Waals surface area contributed by atoms with E-state index in [2.05, 4.69) is 25.6 Å². The van der Waals surface area contributed by atoms with Gasteiger partial charge in [-0.1, -0.05) is 55.7 Å². The average Bonchev–Trinajstić information content (AvgIpc) is 3.72. The van der Waals surface area contributed by atoms with Crippen molar-refractivity contribution in [2.24, 2.45) is 17.8 Å². The van der Waals surface area contributed by atoms with E-state index in [9.17, 15) is 14.7 Å². The third-order valence-corrected chi connectivity index (χ3v) is 9.20. The van der Waals surface area contributed by atoms with Crippen LogP contribution in [0.2, 0.25) is 0 Å². The molecule has 3 aromatic rings. The number of aliphatic carboxylic acids is 1. The largest absolute Gasteiger partial charge is 0.481 e. The normalized spacial score (nSPS) is 28.7. The Bertz CT molecular complexity index is 1440. The zero-order valence-electron chi connectivity index (χ0n) is 24.5. The van der Waals surface area contributed by atoms with Crippen LogP contribution in [-0.4, -0.2) is 61.7 Å². The van der Waals surface area contributed by atoms with E-state index in [1.807, 2.05) is 54.0 Å². The van der Waals surface area contributed by atoms with E-state index in [1.165, 1.54) is 6.33 Å². The lowest BCUT2D eigenvalue weighted by Crippen LogP contribution is -2.29. The number of carbonyl (C=O) groups excluding carboxylic acids is 1. The molecule has 3 aliphatic rings. The molecule has 1 aromatic carbocycles. The number of urea groups is 1. The van der Waals surface area contributed by atoms with Gasteiger partial charge >= 0.3 is 12.0 Å². The Hall–Kier alpha value is -3.83. The topological polar surface area (TPSA) is 140 Å². The summed E-state index contributed by atoms with van der Waals surface area (Å²) in [6.45, 7) is 2.35. The highest BCUT2D eigenvalue weighted by atomic mass is 16.7. The van der Waals surface area contributed by atoms with Crippen LogP contribution in [0, 0.1) is 17.8 Å². The number of carboxylic acid groups (broad SMARTS) is 1. The van der Waals surface area contributed by atoms with Gasteiger partial charge in [-0.3, -0.25) is 10.1 Å². The highest BCUT2D eigenvalue weighted by Crippen LogP contribution is 2.47. The van der Waals surface area contributed by atoms with Crippen LogP contribution in [-0.2, 0) is 14.3 Å². The zero-order valence-corrected chi connectivity index (χ0v) is 24.5. The van der Waals surface area contributed by atoms with Crippen LogP contribution in [0.5, 0.6) is 0 Å². The minimum absolute atomic E-state index is 0.0659. The predicted molar refractivity (Wildman–Crippen MR) is 161 cm³/mol. The lowest BCUT2D eigenvalue weighted by molar-refractivity contribution is -0.145. The maximum absolute atomic E-state index is 12.2. The highest BCUT2D eigenvalue weighted by Gasteiger charge is 2.51. The fraction of sp³-hybridized carbons (Fsp3) is 0.531. The van der Waals surface area contributed by atoms with Gasteiger partial charge in [-0.15, -0.1) is 0 Å². The third-order valence-electron chi connectivity index (χ3n) is 9.20. The number of aromatic nitrogens is 4. The summed E-state index contributed by atoms with van der Waals surface area (Å²) in [6, 6.07) is 9.65. The van der Waals surface area contributed by atoms with Crippen LogP contribution in [0.15, 0.2) is 49.1 Å². The molecule has 2 amide bonds. The van der Waals surface area contributed by atoms with Crippen molar-refractivity contribution < 1.29 is 24.2 Å². The summed E-state index contributed by atoms with van der Waals surface area (Å²) in [5.74, 6) is -0.0405. The molecule has 1 aliphatic heterocycles. The van der Waals surface area contributed by atoms with E-state index in [-0.39, 0.29) is 42.0 Å². The number of hydrogen-bond acceptors (Lipinski definition) is 7. The average molecular weight is 589 g/mol. The molecule has 3 N–H and O–H groups in total. The van der Waals surface area contributed by atoms with E-state index >= 15 is 0 Å². The molecule has 1 saturated heterocycles. The fourth-order valence-corrected chi connectivity index (χ4v) is 7.18. The van der Waals surface area contributed by atoms with Gasteiger partial charge in [-0.2, -0.15) is 0 Å². The number of carboxylic acids is 1. The quantitative estimate of drug-likeness (QED) is 0.285. The molecule has 228 valence electrons. The Morgan fingerprint density at radius 2 is 1.84 bits per heavy atom. The van der Waals surface area contributed by atoms with Gasteiger partial charge in [0.15, 0.2) is 23.3 Å². The molecule has 0 bridgehead atoms. The molecule has 11 heteroatoms. The van der Waals surface area contributed by atoms with E-state index in [4.69, 9.17) is 9.47 Å². The molecule has 0 radical (unpaired) electrons. The molecule has 6 rings (SSSR count). The Labute approximate surface area is 251 Å². The van der Waals surface area contributed by atoms with E-state index in [1.54, 1.807) is 6.33 Å². The van der Waals surface area contributed by atoms with Crippen molar-refractivity contribution in [2.45, 2.75) is 82.8 Å². The Morgan fingerprint density at radius 3 is 2.65 bits per heavy atom. The lowest BCUT2D eigenvalue weighted by atomic mass is 9.76. The molecule has 7 atom stereocenters. The van der Waals surface area contributed by atoms with Crippen LogP contribution < -0.4 is 10.6 Å². The molecule has 3 fully saturated rings. The van der Waals surface area contributed by atoms with Crippen molar-refractivity contribution in [1.29, 1.82) is 0 Å². The van der Waals surface area contributed by atoms with Crippen molar-refractivity contribution in [2.75, 3.05) is 11.9 Å².